The van der Waals surface area contributed by atoms with Gasteiger partial charge in [0.25, 0.3) is 0 Å². The van der Waals surface area contributed by atoms with Gasteiger partial charge < -0.3 is 9.15 Å². The number of nitrogens with one attached hydrogen (secondary N) is 1. The Labute approximate surface area is 178 Å². The minimum atomic E-state index is 0.332. The van der Waals surface area contributed by atoms with Crippen LogP contribution < -0.4 is 10.2 Å². The van der Waals surface area contributed by atoms with Crippen molar-refractivity contribution in [3.05, 3.63) is 90.6 Å². The number of ether oxygens (including phenoxy) is 1. The lowest BCUT2D eigenvalue weighted by molar-refractivity contribution is 0.415. The van der Waals surface area contributed by atoms with E-state index in [4.69, 9.17) is 14.3 Å². The summed E-state index contributed by atoms with van der Waals surface area (Å²) in [4.78, 5) is 4.37. The van der Waals surface area contributed by atoms with Gasteiger partial charge >= 0.3 is 6.01 Å². The van der Waals surface area contributed by atoms with Crippen molar-refractivity contribution < 1.29 is 9.15 Å². The predicted octanol–water partition coefficient (Wildman–Crippen LogP) is 5.14. The average Bonchev–Trinajstić information content (AvgIpc) is 3.44. The first-order valence-corrected chi connectivity index (χ1v) is 9.74. The Morgan fingerprint density at radius 3 is 2.52 bits per heavy atom. The maximum Gasteiger partial charge on any atom is 0.316 e. The lowest BCUT2D eigenvalue weighted by Gasteiger charge is -2.02. The van der Waals surface area contributed by atoms with Crippen molar-refractivity contribution in [2.24, 2.45) is 5.10 Å². The zero-order valence-electron chi connectivity index (χ0n) is 16.8. The molecule has 0 spiro atoms. The fourth-order valence-electron chi connectivity index (χ4n) is 3.25. The van der Waals surface area contributed by atoms with Crippen LogP contribution in [0.3, 0.4) is 0 Å². The van der Waals surface area contributed by atoms with Crippen molar-refractivity contribution in [1.82, 2.24) is 14.8 Å². The van der Waals surface area contributed by atoms with E-state index in [1.54, 1.807) is 13.3 Å². The molecule has 3 aromatic carbocycles. The number of aromatic nitrogens is 3. The molecule has 7 nitrogen and oxygen atoms in total. The van der Waals surface area contributed by atoms with Gasteiger partial charge in [-0.3, -0.25) is 0 Å². The van der Waals surface area contributed by atoms with Gasteiger partial charge in [-0.1, -0.05) is 30.3 Å². The summed E-state index contributed by atoms with van der Waals surface area (Å²) in [7, 11) is 1.65. The van der Waals surface area contributed by atoms with Crippen molar-refractivity contribution in [3.63, 3.8) is 0 Å². The number of hydrazone groups is 1. The van der Waals surface area contributed by atoms with Crippen molar-refractivity contribution in [2.45, 2.75) is 0 Å². The average molecular weight is 409 g/mol. The van der Waals surface area contributed by atoms with Gasteiger partial charge in [-0.25, -0.2) is 10.1 Å². The molecule has 2 heterocycles. The number of hydrogen-bond acceptors (Lipinski definition) is 6. The molecule has 31 heavy (non-hydrogen) atoms. The van der Waals surface area contributed by atoms with Gasteiger partial charge in [-0.15, -0.1) is 0 Å². The molecule has 0 aliphatic carbocycles. The predicted molar refractivity (Wildman–Crippen MR) is 121 cm³/mol. The summed E-state index contributed by atoms with van der Waals surface area (Å²) >= 11 is 0. The number of fused-ring (bicyclic) bond motifs is 1. The molecule has 0 radical (unpaired) electrons. The molecule has 0 bridgehead atoms. The standard InChI is InChI=1S/C24H19N5O2/c1-30-20-13-11-17(12-14-20)23-18(16-29(28-23)19-7-3-2-4-8-19)15-25-27-24-26-21-9-5-6-10-22(21)31-24/h2-16H,1H3,(H,26,27)/b25-15+. The Kier molecular flexibility index (Phi) is 4.90. The molecule has 2 aromatic heterocycles. The fourth-order valence-corrected chi connectivity index (χ4v) is 3.25. The van der Waals surface area contributed by atoms with E-state index in [1.807, 2.05) is 89.7 Å². The second kappa shape index (κ2) is 8.16. The quantitative estimate of drug-likeness (QED) is 0.311. The topological polar surface area (TPSA) is 77.5 Å². The number of para-hydroxylation sites is 3. The van der Waals surface area contributed by atoms with E-state index in [0.717, 1.165) is 33.8 Å². The zero-order chi connectivity index (χ0) is 21.0. The Bertz CT molecular complexity index is 1300. The zero-order valence-corrected chi connectivity index (χ0v) is 16.8. The molecule has 1 N–H and O–H groups in total. The molecule has 0 saturated carbocycles. The molecule has 7 heteroatoms. The van der Waals surface area contributed by atoms with E-state index < -0.39 is 0 Å². The van der Waals surface area contributed by atoms with Crippen LogP contribution in [0.1, 0.15) is 5.56 Å². The molecule has 0 fully saturated rings. The summed E-state index contributed by atoms with van der Waals surface area (Å²) in [5.41, 5.74) is 7.91. The van der Waals surface area contributed by atoms with Crippen LogP contribution in [-0.2, 0) is 0 Å². The highest BCUT2D eigenvalue weighted by Gasteiger charge is 2.12. The van der Waals surface area contributed by atoms with E-state index in [1.165, 1.54) is 0 Å². The van der Waals surface area contributed by atoms with Gasteiger partial charge in [0, 0.05) is 17.3 Å². The summed E-state index contributed by atoms with van der Waals surface area (Å²) in [6.45, 7) is 0. The molecule has 5 rings (SSSR count). The van der Waals surface area contributed by atoms with Crippen LogP contribution in [0.2, 0.25) is 0 Å². The summed E-state index contributed by atoms with van der Waals surface area (Å²) in [5, 5.41) is 9.11. The number of benzene rings is 3. The molecular formula is C24H19N5O2. The minimum absolute atomic E-state index is 0.332. The number of hydrogen-bond donors (Lipinski definition) is 1. The maximum atomic E-state index is 5.65. The molecule has 152 valence electrons. The summed E-state index contributed by atoms with van der Waals surface area (Å²) in [5.74, 6) is 0.791. The number of methoxy groups -OCH3 is 1. The Morgan fingerprint density at radius 2 is 1.74 bits per heavy atom. The van der Waals surface area contributed by atoms with Crippen LogP contribution in [-0.4, -0.2) is 28.1 Å². The number of anilines is 1. The maximum absolute atomic E-state index is 5.65. The van der Waals surface area contributed by atoms with Crippen molar-refractivity contribution >= 4 is 23.3 Å². The van der Waals surface area contributed by atoms with E-state index >= 15 is 0 Å². The smallest absolute Gasteiger partial charge is 0.316 e. The van der Waals surface area contributed by atoms with Gasteiger partial charge in [-0.05, 0) is 48.5 Å². The minimum Gasteiger partial charge on any atom is -0.497 e. The molecule has 0 unspecified atom stereocenters. The SMILES string of the molecule is COc1ccc(-c2nn(-c3ccccc3)cc2/C=N/Nc2nc3ccccc3o2)cc1. The molecule has 0 aliphatic rings. The monoisotopic (exact) mass is 409 g/mol. The first-order chi connectivity index (χ1) is 15.3. The second-order valence-corrected chi connectivity index (χ2v) is 6.80. The number of nitrogens with zero attached hydrogens (tertiary/aromatic N) is 4. The van der Waals surface area contributed by atoms with Crippen molar-refractivity contribution in [2.75, 3.05) is 12.5 Å². The third-order valence-corrected chi connectivity index (χ3v) is 4.78. The van der Waals surface area contributed by atoms with Crippen LogP contribution in [0.15, 0.2) is 94.6 Å². The van der Waals surface area contributed by atoms with Crippen molar-refractivity contribution in [1.29, 1.82) is 0 Å². The summed E-state index contributed by atoms with van der Waals surface area (Å²) < 4.78 is 12.8. The highest BCUT2D eigenvalue weighted by Crippen LogP contribution is 2.25. The largest absolute Gasteiger partial charge is 0.497 e. The molecular weight excluding hydrogens is 390 g/mol. The normalized spacial score (nSPS) is 11.3. The Hall–Kier alpha value is -4.39. The lowest BCUT2D eigenvalue weighted by Crippen LogP contribution is -1.94. The van der Waals surface area contributed by atoms with Gasteiger partial charge in [0.1, 0.15) is 17.0 Å². The van der Waals surface area contributed by atoms with Crippen LogP contribution in [0, 0.1) is 0 Å². The van der Waals surface area contributed by atoms with E-state index in [2.05, 4.69) is 15.5 Å². The molecule has 0 saturated heterocycles. The van der Waals surface area contributed by atoms with Gasteiger partial charge in [0.15, 0.2) is 5.58 Å². The second-order valence-electron chi connectivity index (χ2n) is 6.80. The third kappa shape index (κ3) is 3.89. The number of oxazole rings is 1. The Morgan fingerprint density at radius 1 is 0.968 bits per heavy atom. The molecule has 0 atom stereocenters. The van der Waals surface area contributed by atoms with Crippen LogP contribution in [0.25, 0.3) is 28.0 Å². The van der Waals surface area contributed by atoms with Gasteiger partial charge in [0.05, 0.1) is 19.0 Å². The highest BCUT2D eigenvalue weighted by molar-refractivity contribution is 5.89. The summed E-state index contributed by atoms with van der Waals surface area (Å²) in [6.07, 6.45) is 3.65. The van der Waals surface area contributed by atoms with E-state index in [-0.39, 0.29) is 0 Å². The molecule has 0 aliphatic heterocycles. The molecule has 0 amide bonds. The van der Waals surface area contributed by atoms with Gasteiger partial charge in [-0.2, -0.15) is 15.2 Å². The van der Waals surface area contributed by atoms with Crippen LogP contribution >= 0.6 is 0 Å². The first-order valence-electron chi connectivity index (χ1n) is 9.74. The lowest BCUT2D eigenvalue weighted by atomic mass is 10.1. The van der Waals surface area contributed by atoms with E-state index in [9.17, 15) is 0 Å². The fraction of sp³-hybridized carbons (Fsp3) is 0.0417. The van der Waals surface area contributed by atoms with E-state index in [0.29, 0.717) is 11.6 Å². The Balaban J connectivity index is 1.47. The third-order valence-electron chi connectivity index (χ3n) is 4.78. The summed E-state index contributed by atoms with van der Waals surface area (Å²) in [6, 6.07) is 25.6. The van der Waals surface area contributed by atoms with Crippen LogP contribution in [0.4, 0.5) is 6.01 Å². The van der Waals surface area contributed by atoms with Crippen LogP contribution in [0.5, 0.6) is 5.75 Å². The highest BCUT2D eigenvalue weighted by atomic mass is 16.5. The first kappa shape index (κ1) is 18.6. The molecule has 5 aromatic rings. The van der Waals surface area contributed by atoms with Crippen molar-refractivity contribution in [3.8, 4) is 22.7 Å². The van der Waals surface area contributed by atoms with Gasteiger partial charge in [0.2, 0.25) is 0 Å². The number of rotatable bonds is 6.